The summed E-state index contributed by atoms with van der Waals surface area (Å²) >= 11 is 0. The summed E-state index contributed by atoms with van der Waals surface area (Å²) in [6.45, 7) is 11.7. The van der Waals surface area contributed by atoms with Crippen molar-refractivity contribution in [3.63, 3.8) is 0 Å². The van der Waals surface area contributed by atoms with Crippen molar-refractivity contribution in [1.82, 2.24) is 15.5 Å². The molecule has 1 aliphatic rings. The number of guanidine groups is 1. The van der Waals surface area contributed by atoms with Gasteiger partial charge >= 0.3 is 0 Å². The predicted octanol–water partition coefficient (Wildman–Crippen LogP) is 1.75. The smallest absolute Gasteiger partial charge is 0.191 e. The molecule has 0 aromatic heterocycles. The molecule has 1 unspecified atom stereocenters. The number of benzene rings is 1. The van der Waals surface area contributed by atoms with Crippen LogP contribution in [0.3, 0.4) is 0 Å². The molecule has 0 saturated carbocycles. The van der Waals surface area contributed by atoms with E-state index in [4.69, 9.17) is 4.74 Å². The van der Waals surface area contributed by atoms with Gasteiger partial charge in [-0.15, -0.1) is 24.0 Å². The van der Waals surface area contributed by atoms with Crippen molar-refractivity contribution in [3.8, 4) is 0 Å². The van der Waals surface area contributed by atoms with E-state index in [0.29, 0.717) is 19.6 Å². The van der Waals surface area contributed by atoms with Crippen molar-refractivity contribution in [2.45, 2.75) is 32.9 Å². The zero-order valence-corrected chi connectivity index (χ0v) is 18.5. The van der Waals surface area contributed by atoms with Crippen LogP contribution >= 0.6 is 24.0 Å². The van der Waals surface area contributed by atoms with Crippen molar-refractivity contribution in [3.05, 3.63) is 35.4 Å². The molecule has 0 spiro atoms. The highest BCUT2D eigenvalue weighted by molar-refractivity contribution is 14.0. The number of hydrogen-bond acceptors (Lipinski definition) is 4. The summed E-state index contributed by atoms with van der Waals surface area (Å²) < 4.78 is 5.36. The van der Waals surface area contributed by atoms with Crippen molar-refractivity contribution < 1.29 is 9.84 Å². The Hall–Kier alpha value is -0.900. The van der Waals surface area contributed by atoms with Crippen LogP contribution in [0.15, 0.2) is 29.3 Å². The van der Waals surface area contributed by atoms with Crippen LogP contribution in [0.2, 0.25) is 0 Å². The zero-order valence-electron chi connectivity index (χ0n) is 16.1. The van der Waals surface area contributed by atoms with Gasteiger partial charge in [-0.3, -0.25) is 4.90 Å². The third-order valence-corrected chi connectivity index (χ3v) is 4.19. The van der Waals surface area contributed by atoms with E-state index in [1.807, 2.05) is 13.8 Å². The van der Waals surface area contributed by atoms with Crippen molar-refractivity contribution in [2.24, 2.45) is 4.99 Å². The SMILES string of the molecule is CCNC(=NCc1ccc(C)cc1)NCC(C)(O)CN1CCOCC1.I. The van der Waals surface area contributed by atoms with Crippen LogP contribution in [0.4, 0.5) is 0 Å². The van der Waals surface area contributed by atoms with Gasteiger partial charge in [0.25, 0.3) is 0 Å². The fourth-order valence-electron chi connectivity index (χ4n) is 2.78. The zero-order chi connectivity index (χ0) is 18.1. The third kappa shape index (κ3) is 8.66. The van der Waals surface area contributed by atoms with Gasteiger partial charge in [-0.05, 0) is 26.3 Å². The highest BCUT2D eigenvalue weighted by Gasteiger charge is 2.25. The Morgan fingerprint density at radius 1 is 1.23 bits per heavy atom. The number of nitrogens with one attached hydrogen (secondary N) is 2. The Morgan fingerprint density at radius 2 is 1.88 bits per heavy atom. The van der Waals surface area contributed by atoms with Crippen molar-refractivity contribution in [1.29, 1.82) is 0 Å². The first kappa shape index (κ1) is 23.1. The molecule has 1 heterocycles. The van der Waals surface area contributed by atoms with Gasteiger partial charge < -0.3 is 20.5 Å². The summed E-state index contributed by atoms with van der Waals surface area (Å²) in [7, 11) is 0. The van der Waals surface area contributed by atoms with E-state index >= 15 is 0 Å². The van der Waals surface area contributed by atoms with E-state index in [-0.39, 0.29) is 24.0 Å². The van der Waals surface area contributed by atoms with E-state index in [2.05, 4.69) is 51.7 Å². The second-order valence-corrected chi connectivity index (χ2v) is 6.92. The number of ether oxygens (including phenoxy) is 1. The number of nitrogens with zero attached hydrogens (tertiary/aromatic N) is 2. The molecule has 1 atom stereocenters. The van der Waals surface area contributed by atoms with E-state index in [0.717, 1.165) is 38.8 Å². The summed E-state index contributed by atoms with van der Waals surface area (Å²) in [4.78, 5) is 6.85. The third-order valence-electron chi connectivity index (χ3n) is 4.19. The Labute approximate surface area is 174 Å². The maximum Gasteiger partial charge on any atom is 0.191 e. The number of β-amino-alcohol motifs (C(OH)–C–C–N with tert-alkyl or cyclic N) is 1. The first-order chi connectivity index (χ1) is 12.0. The molecular formula is C19H33IN4O2. The topological polar surface area (TPSA) is 69.1 Å². The molecule has 1 saturated heterocycles. The number of aliphatic imine (C=N–C) groups is 1. The van der Waals surface area contributed by atoms with Crippen LogP contribution in [0, 0.1) is 6.92 Å². The van der Waals surface area contributed by atoms with E-state index in [1.54, 1.807) is 0 Å². The molecule has 7 heteroatoms. The Kier molecular flexibility index (Phi) is 10.4. The van der Waals surface area contributed by atoms with Crippen molar-refractivity contribution >= 4 is 29.9 Å². The first-order valence-corrected chi connectivity index (χ1v) is 9.09. The van der Waals surface area contributed by atoms with Crippen molar-refractivity contribution in [2.75, 3.05) is 45.9 Å². The molecule has 148 valence electrons. The lowest BCUT2D eigenvalue weighted by molar-refractivity contribution is -0.0201. The average Bonchev–Trinajstić information content (AvgIpc) is 2.59. The first-order valence-electron chi connectivity index (χ1n) is 9.09. The molecule has 1 fully saturated rings. The summed E-state index contributed by atoms with van der Waals surface area (Å²) in [5.74, 6) is 0.727. The maximum atomic E-state index is 10.7. The minimum Gasteiger partial charge on any atom is -0.387 e. The van der Waals surface area contributed by atoms with Gasteiger partial charge in [0.15, 0.2) is 5.96 Å². The van der Waals surface area contributed by atoms with Crippen LogP contribution < -0.4 is 10.6 Å². The molecule has 2 rings (SSSR count). The number of hydrogen-bond donors (Lipinski definition) is 3. The second-order valence-electron chi connectivity index (χ2n) is 6.92. The normalized spacial score (nSPS) is 17.9. The number of aliphatic hydroxyl groups is 1. The molecule has 6 nitrogen and oxygen atoms in total. The van der Waals surface area contributed by atoms with Gasteiger partial charge in [-0.1, -0.05) is 29.8 Å². The lowest BCUT2D eigenvalue weighted by Gasteiger charge is -2.34. The lowest BCUT2D eigenvalue weighted by Crippen LogP contribution is -2.52. The van der Waals surface area contributed by atoms with Gasteiger partial charge in [-0.2, -0.15) is 0 Å². The highest BCUT2D eigenvalue weighted by Crippen LogP contribution is 2.08. The van der Waals surface area contributed by atoms with Crippen LogP contribution in [-0.4, -0.2) is 67.5 Å². The summed E-state index contributed by atoms with van der Waals surface area (Å²) in [6, 6.07) is 8.38. The molecule has 1 aromatic rings. The average molecular weight is 476 g/mol. The van der Waals surface area contributed by atoms with Crippen LogP contribution in [0.5, 0.6) is 0 Å². The fraction of sp³-hybridized carbons (Fsp3) is 0.632. The molecule has 26 heavy (non-hydrogen) atoms. The minimum absolute atomic E-state index is 0. The molecule has 3 N–H and O–H groups in total. The number of morpholine rings is 1. The summed E-state index contributed by atoms with van der Waals surface area (Å²) in [5.41, 5.74) is 1.59. The van der Waals surface area contributed by atoms with Gasteiger partial charge in [-0.25, -0.2) is 4.99 Å². The highest BCUT2D eigenvalue weighted by atomic mass is 127. The van der Waals surface area contributed by atoms with E-state index < -0.39 is 5.60 Å². The molecule has 0 bridgehead atoms. The van der Waals surface area contributed by atoms with E-state index in [1.165, 1.54) is 11.1 Å². The predicted molar refractivity (Wildman–Crippen MR) is 117 cm³/mol. The monoisotopic (exact) mass is 476 g/mol. The van der Waals surface area contributed by atoms with Gasteiger partial charge in [0.1, 0.15) is 0 Å². The second kappa shape index (κ2) is 11.7. The van der Waals surface area contributed by atoms with Crippen LogP contribution in [0.1, 0.15) is 25.0 Å². The maximum absolute atomic E-state index is 10.7. The Balaban J connectivity index is 0.00000338. The number of aryl methyl sites for hydroxylation is 1. The molecular weight excluding hydrogens is 443 g/mol. The van der Waals surface area contributed by atoms with Crippen LogP contribution in [0.25, 0.3) is 0 Å². The molecule has 0 amide bonds. The van der Waals surface area contributed by atoms with Gasteiger partial charge in [0.05, 0.1) is 25.4 Å². The Bertz CT molecular complexity index is 543. The largest absolute Gasteiger partial charge is 0.387 e. The molecule has 1 aromatic carbocycles. The summed E-state index contributed by atoms with van der Waals surface area (Å²) in [5, 5.41) is 17.2. The van der Waals surface area contributed by atoms with Gasteiger partial charge in [0.2, 0.25) is 0 Å². The minimum atomic E-state index is -0.822. The molecule has 0 radical (unpaired) electrons. The van der Waals surface area contributed by atoms with E-state index in [9.17, 15) is 5.11 Å². The molecule has 0 aliphatic carbocycles. The fourth-order valence-corrected chi connectivity index (χ4v) is 2.78. The van der Waals surface area contributed by atoms with Crippen LogP contribution in [-0.2, 0) is 11.3 Å². The standard InChI is InChI=1S/C19H32N4O2.HI/c1-4-20-18(21-13-17-7-5-16(2)6-8-17)22-14-19(3,24)15-23-9-11-25-12-10-23;/h5-8,24H,4,9-15H2,1-3H3,(H2,20,21,22);1H. The van der Waals surface area contributed by atoms with Gasteiger partial charge in [0, 0.05) is 32.7 Å². The number of halogens is 1. The summed E-state index contributed by atoms with van der Waals surface area (Å²) in [6.07, 6.45) is 0. The molecule has 1 aliphatic heterocycles. The quantitative estimate of drug-likeness (QED) is 0.318. The Morgan fingerprint density at radius 3 is 2.50 bits per heavy atom. The number of rotatable bonds is 7. The lowest BCUT2D eigenvalue weighted by atomic mass is 10.1.